The van der Waals surface area contributed by atoms with Gasteiger partial charge in [-0.3, -0.25) is 0 Å². The number of aliphatic hydroxyl groups is 1. The highest BCUT2D eigenvalue weighted by molar-refractivity contribution is 7.16. The van der Waals surface area contributed by atoms with Crippen molar-refractivity contribution in [2.24, 2.45) is 0 Å². The summed E-state index contributed by atoms with van der Waals surface area (Å²) < 4.78 is 5.41. The van der Waals surface area contributed by atoms with E-state index in [1.165, 1.54) is 0 Å². The van der Waals surface area contributed by atoms with E-state index in [1.54, 1.807) is 18.4 Å². The summed E-state index contributed by atoms with van der Waals surface area (Å²) in [5.74, 6) is 0. The molecule has 1 aliphatic heterocycles. The van der Waals surface area contributed by atoms with Crippen molar-refractivity contribution >= 4 is 16.5 Å². The number of nitrogens with zero attached hydrogens (tertiary/aromatic N) is 2. The molecule has 5 heteroatoms. The SMILES string of the molecule is COC1CCN(c2nc(-c3ccccc3)c(CO)s2)CC1. The fraction of sp³-hybridized carbons (Fsp3) is 0.438. The number of aromatic nitrogens is 1. The first-order chi connectivity index (χ1) is 10.3. The number of anilines is 1. The van der Waals surface area contributed by atoms with Crippen LogP contribution in [0.3, 0.4) is 0 Å². The number of hydrogen-bond acceptors (Lipinski definition) is 5. The molecule has 21 heavy (non-hydrogen) atoms. The molecule has 0 atom stereocenters. The van der Waals surface area contributed by atoms with E-state index in [2.05, 4.69) is 4.90 Å². The summed E-state index contributed by atoms with van der Waals surface area (Å²) in [6.07, 6.45) is 2.43. The minimum atomic E-state index is 0.0381. The molecule has 3 rings (SSSR count). The lowest BCUT2D eigenvalue weighted by Crippen LogP contribution is -2.36. The number of methoxy groups -OCH3 is 1. The summed E-state index contributed by atoms with van der Waals surface area (Å²) in [5, 5.41) is 10.6. The lowest BCUT2D eigenvalue weighted by atomic mass is 10.1. The number of thiazole rings is 1. The number of benzene rings is 1. The van der Waals surface area contributed by atoms with E-state index in [1.807, 2.05) is 30.3 Å². The van der Waals surface area contributed by atoms with Gasteiger partial charge in [-0.1, -0.05) is 41.7 Å². The van der Waals surface area contributed by atoms with Crippen LogP contribution in [0.25, 0.3) is 11.3 Å². The maximum absolute atomic E-state index is 9.60. The zero-order chi connectivity index (χ0) is 14.7. The molecule has 0 saturated carbocycles. The highest BCUT2D eigenvalue weighted by atomic mass is 32.1. The summed E-state index contributed by atoms with van der Waals surface area (Å²) in [5.41, 5.74) is 1.97. The third-order valence-corrected chi connectivity index (χ3v) is 5.02. The highest BCUT2D eigenvalue weighted by Crippen LogP contribution is 2.34. The van der Waals surface area contributed by atoms with E-state index in [0.29, 0.717) is 6.10 Å². The molecule has 1 aliphatic rings. The number of rotatable bonds is 4. The van der Waals surface area contributed by atoms with Gasteiger partial charge in [-0.2, -0.15) is 0 Å². The van der Waals surface area contributed by atoms with Gasteiger partial charge >= 0.3 is 0 Å². The van der Waals surface area contributed by atoms with Crippen molar-refractivity contribution < 1.29 is 9.84 Å². The number of hydrogen-bond donors (Lipinski definition) is 1. The first kappa shape index (κ1) is 14.5. The van der Waals surface area contributed by atoms with Crippen molar-refractivity contribution in [3.63, 3.8) is 0 Å². The minimum Gasteiger partial charge on any atom is -0.391 e. The Balaban J connectivity index is 1.83. The Labute approximate surface area is 129 Å². The van der Waals surface area contributed by atoms with Gasteiger partial charge in [-0.25, -0.2) is 4.98 Å². The van der Waals surface area contributed by atoms with E-state index in [-0.39, 0.29) is 6.61 Å². The monoisotopic (exact) mass is 304 g/mol. The van der Waals surface area contributed by atoms with Gasteiger partial charge in [0.1, 0.15) is 0 Å². The molecular formula is C16H20N2O2S. The van der Waals surface area contributed by atoms with Crippen LogP contribution in [0.4, 0.5) is 5.13 Å². The van der Waals surface area contributed by atoms with Crippen LogP contribution < -0.4 is 4.90 Å². The summed E-state index contributed by atoms with van der Waals surface area (Å²) in [6.45, 7) is 1.96. The Hall–Kier alpha value is -1.43. The second-order valence-electron chi connectivity index (χ2n) is 5.21. The molecule has 0 aliphatic carbocycles. The van der Waals surface area contributed by atoms with Gasteiger partial charge in [0.05, 0.1) is 23.3 Å². The Morgan fingerprint density at radius 3 is 2.62 bits per heavy atom. The zero-order valence-electron chi connectivity index (χ0n) is 12.2. The van der Waals surface area contributed by atoms with Crippen LogP contribution in [0, 0.1) is 0 Å². The van der Waals surface area contributed by atoms with Crippen LogP contribution in [0.1, 0.15) is 17.7 Å². The van der Waals surface area contributed by atoms with Crippen LogP contribution >= 0.6 is 11.3 Å². The first-order valence-electron chi connectivity index (χ1n) is 7.25. The zero-order valence-corrected chi connectivity index (χ0v) is 13.0. The molecule has 1 saturated heterocycles. The van der Waals surface area contributed by atoms with Gasteiger partial charge in [0.2, 0.25) is 0 Å². The minimum absolute atomic E-state index is 0.0381. The maximum Gasteiger partial charge on any atom is 0.186 e. The lowest BCUT2D eigenvalue weighted by molar-refractivity contribution is 0.0819. The third kappa shape index (κ3) is 3.10. The van der Waals surface area contributed by atoms with Crippen molar-refractivity contribution in [1.82, 2.24) is 4.98 Å². The molecule has 0 bridgehead atoms. The third-order valence-electron chi connectivity index (χ3n) is 3.92. The van der Waals surface area contributed by atoms with Gasteiger partial charge < -0.3 is 14.7 Å². The second kappa shape index (κ2) is 6.56. The molecule has 1 fully saturated rings. The lowest BCUT2D eigenvalue weighted by Gasteiger charge is -2.30. The van der Waals surface area contributed by atoms with Gasteiger partial charge in [-0.05, 0) is 12.8 Å². The molecule has 0 amide bonds. The Morgan fingerprint density at radius 2 is 2.00 bits per heavy atom. The summed E-state index contributed by atoms with van der Waals surface area (Å²) in [6, 6.07) is 10.1. The molecule has 1 aromatic carbocycles. The molecular weight excluding hydrogens is 284 g/mol. The predicted molar refractivity (Wildman–Crippen MR) is 85.7 cm³/mol. The van der Waals surface area contributed by atoms with Crippen molar-refractivity contribution in [2.75, 3.05) is 25.1 Å². The van der Waals surface area contributed by atoms with E-state index in [4.69, 9.17) is 9.72 Å². The van der Waals surface area contributed by atoms with E-state index < -0.39 is 0 Å². The molecule has 0 radical (unpaired) electrons. The first-order valence-corrected chi connectivity index (χ1v) is 8.07. The molecule has 2 heterocycles. The molecule has 4 nitrogen and oxygen atoms in total. The van der Waals surface area contributed by atoms with Crippen LogP contribution in [-0.4, -0.2) is 36.4 Å². The Bertz CT molecular complexity index is 577. The standard InChI is InChI=1S/C16H20N2O2S/c1-20-13-7-9-18(10-8-13)16-17-15(14(11-19)21-16)12-5-3-2-4-6-12/h2-6,13,19H,7-11H2,1H3. The Morgan fingerprint density at radius 1 is 1.29 bits per heavy atom. The summed E-state index contributed by atoms with van der Waals surface area (Å²) >= 11 is 1.59. The van der Waals surface area contributed by atoms with Crippen molar-refractivity contribution in [3.05, 3.63) is 35.2 Å². The molecule has 112 valence electrons. The van der Waals surface area contributed by atoms with Crippen LogP contribution in [0.15, 0.2) is 30.3 Å². The van der Waals surface area contributed by atoms with E-state index in [0.717, 1.165) is 47.2 Å². The van der Waals surface area contributed by atoms with Crippen molar-refractivity contribution in [1.29, 1.82) is 0 Å². The van der Waals surface area contributed by atoms with E-state index in [9.17, 15) is 5.11 Å². The normalized spacial score (nSPS) is 16.4. The molecule has 1 aromatic heterocycles. The van der Waals surface area contributed by atoms with Crippen LogP contribution in [0.2, 0.25) is 0 Å². The van der Waals surface area contributed by atoms with E-state index >= 15 is 0 Å². The fourth-order valence-electron chi connectivity index (χ4n) is 2.69. The summed E-state index contributed by atoms with van der Waals surface area (Å²) in [7, 11) is 1.78. The van der Waals surface area contributed by atoms with Gasteiger partial charge in [0.15, 0.2) is 5.13 Å². The fourth-order valence-corrected chi connectivity index (χ4v) is 3.68. The van der Waals surface area contributed by atoms with Gasteiger partial charge in [0, 0.05) is 25.8 Å². The highest BCUT2D eigenvalue weighted by Gasteiger charge is 2.22. The van der Waals surface area contributed by atoms with Crippen molar-refractivity contribution in [2.45, 2.75) is 25.6 Å². The van der Waals surface area contributed by atoms with Crippen LogP contribution in [-0.2, 0) is 11.3 Å². The molecule has 0 spiro atoms. The quantitative estimate of drug-likeness (QED) is 0.943. The average molecular weight is 304 g/mol. The van der Waals surface area contributed by atoms with Gasteiger partial charge in [0.25, 0.3) is 0 Å². The smallest absolute Gasteiger partial charge is 0.186 e. The average Bonchev–Trinajstić information content (AvgIpc) is 3.00. The number of aliphatic hydroxyl groups excluding tert-OH is 1. The van der Waals surface area contributed by atoms with Gasteiger partial charge in [-0.15, -0.1) is 0 Å². The Kier molecular flexibility index (Phi) is 4.53. The number of ether oxygens (including phenoxy) is 1. The van der Waals surface area contributed by atoms with Crippen molar-refractivity contribution in [3.8, 4) is 11.3 Å². The van der Waals surface area contributed by atoms with Crippen LogP contribution in [0.5, 0.6) is 0 Å². The molecule has 1 N–H and O–H groups in total. The summed E-state index contributed by atoms with van der Waals surface area (Å²) in [4.78, 5) is 8.00. The molecule has 0 unspecified atom stereocenters. The maximum atomic E-state index is 9.60. The number of piperidine rings is 1. The predicted octanol–water partition coefficient (Wildman–Crippen LogP) is 2.92. The molecule has 2 aromatic rings. The largest absolute Gasteiger partial charge is 0.391 e. The topological polar surface area (TPSA) is 45.6 Å². The second-order valence-corrected chi connectivity index (χ2v) is 6.28.